The van der Waals surface area contributed by atoms with Crippen LogP contribution in [0.15, 0.2) is 47.7 Å². The molecule has 3 aliphatic carbocycles. The molecule has 4 rings (SSSR count). The molecule has 1 aromatic rings. The fourth-order valence-electron chi connectivity index (χ4n) is 4.46. The minimum atomic E-state index is -3.42. The number of aliphatic carboxylic acids is 1. The zero-order chi connectivity index (χ0) is 21.6. The number of sulfonamides is 1. The Morgan fingerprint density at radius 3 is 2.43 bits per heavy atom. The van der Waals surface area contributed by atoms with E-state index >= 15 is 0 Å². The summed E-state index contributed by atoms with van der Waals surface area (Å²) in [6.45, 7) is 0. The first-order valence-electron chi connectivity index (χ1n) is 10.7. The molecule has 0 unspecified atom stereocenters. The van der Waals surface area contributed by atoms with Crippen molar-refractivity contribution in [2.75, 3.05) is 5.75 Å². The number of nitrogens with one attached hydrogen (secondary N) is 1. The van der Waals surface area contributed by atoms with Gasteiger partial charge in [0.1, 0.15) is 0 Å². The number of halogens is 1. The van der Waals surface area contributed by atoms with Gasteiger partial charge in [0.15, 0.2) is 0 Å². The molecule has 0 saturated heterocycles. The highest BCUT2D eigenvalue weighted by molar-refractivity contribution is 7.89. The van der Waals surface area contributed by atoms with Crippen molar-refractivity contribution in [2.24, 2.45) is 11.8 Å². The summed E-state index contributed by atoms with van der Waals surface area (Å²) < 4.78 is 28.5. The summed E-state index contributed by atoms with van der Waals surface area (Å²) in [6.07, 6.45) is 11.2. The van der Waals surface area contributed by atoms with Crippen LogP contribution in [0.1, 0.15) is 56.9 Å². The molecular formula is C23H30ClNO4S. The van der Waals surface area contributed by atoms with Crippen LogP contribution < -0.4 is 4.72 Å². The predicted octanol–water partition coefficient (Wildman–Crippen LogP) is 5.08. The number of aryl methyl sites for hydroxylation is 1. The molecule has 164 valence electrons. The molecule has 1 saturated carbocycles. The van der Waals surface area contributed by atoms with Crippen LogP contribution in [0.2, 0.25) is 5.02 Å². The monoisotopic (exact) mass is 451 g/mol. The van der Waals surface area contributed by atoms with E-state index in [1.54, 1.807) is 12.1 Å². The fraction of sp³-hybridized carbons (Fsp3) is 0.522. The molecule has 5 nitrogen and oxygen atoms in total. The molecule has 0 amide bonds. The van der Waals surface area contributed by atoms with Gasteiger partial charge in [0.05, 0.1) is 5.75 Å². The zero-order valence-electron chi connectivity index (χ0n) is 17.1. The van der Waals surface area contributed by atoms with Crippen LogP contribution >= 0.6 is 11.6 Å². The predicted molar refractivity (Wildman–Crippen MR) is 120 cm³/mol. The van der Waals surface area contributed by atoms with Gasteiger partial charge in [0.2, 0.25) is 10.0 Å². The molecule has 1 fully saturated rings. The third-order valence-electron chi connectivity index (χ3n) is 6.08. The number of carboxylic acids is 1. The van der Waals surface area contributed by atoms with Gasteiger partial charge in [-0.2, -0.15) is 0 Å². The number of rotatable bonds is 11. The maximum Gasteiger partial charge on any atom is 0.303 e. The summed E-state index contributed by atoms with van der Waals surface area (Å²) in [7, 11) is -3.42. The highest BCUT2D eigenvalue weighted by Gasteiger charge is 2.36. The maximum absolute atomic E-state index is 12.8. The number of allylic oxidation sites excluding steroid dienone is 4. The van der Waals surface area contributed by atoms with Crippen LogP contribution in [0.4, 0.5) is 0 Å². The molecule has 0 heterocycles. The summed E-state index contributed by atoms with van der Waals surface area (Å²) in [5.74, 6) is 0.0303. The lowest BCUT2D eigenvalue weighted by molar-refractivity contribution is -0.137. The van der Waals surface area contributed by atoms with Crippen LogP contribution in [0.25, 0.3) is 0 Å². The molecule has 3 aliphatic rings. The molecule has 0 aromatic heterocycles. The van der Waals surface area contributed by atoms with Crippen molar-refractivity contribution in [1.82, 2.24) is 4.72 Å². The zero-order valence-corrected chi connectivity index (χ0v) is 18.7. The molecule has 2 N–H and O–H groups in total. The van der Waals surface area contributed by atoms with E-state index in [0.29, 0.717) is 29.7 Å². The second-order valence-electron chi connectivity index (χ2n) is 8.25. The van der Waals surface area contributed by atoms with Crippen molar-refractivity contribution in [3.63, 3.8) is 0 Å². The Kier molecular flexibility index (Phi) is 8.00. The molecule has 1 aromatic carbocycles. The maximum atomic E-state index is 12.8. The van der Waals surface area contributed by atoms with Crippen molar-refractivity contribution in [1.29, 1.82) is 0 Å². The number of fused-ring (bicyclic) bond motifs is 2. The lowest BCUT2D eigenvalue weighted by atomic mass is 9.69. The van der Waals surface area contributed by atoms with Crippen LogP contribution in [0, 0.1) is 11.8 Å². The average Bonchev–Trinajstić information content (AvgIpc) is 2.71. The molecule has 0 atom stereocenters. The van der Waals surface area contributed by atoms with Crippen molar-refractivity contribution in [2.45, 2.75) is 57.8 Å². The van der Waals surface area contributed by atoms with Crippen molar-refractivity contribution in [3.05, 3.63) is 58.3 Å². The van der Waals surface area contributed by atoms with Gasteiger partial charge in [0, 0.05) is 17.1 Å². The number of unbranched alkanes of at least 4 members (excludes halogenated alkanes) is 1. The third-order valence-corrected chi connectivity index (χ3v) is 7.60. The van der Waals surface area contributed by atoms with E-state index in [1.807, 2.05) is 18.2 Å². The standard InChI is InChI=1S/C23H30ClNO4S/c24-20-13-7-17(8-14-20)15-16-30(28,29)25-23-19-11-9-18(10-12-19)21(23)5-3-1-2-4-6-22(26)27/h1,3,7-8,13-14,18-19,25H,2,4-6,9-12,15-16H2,(H,26,27). The van der Waals surface area contributed by atoms with Crippen LogP contribution in [0.3, 0.4) is 0 Å². The second-order valence-corrected chi connectivity index (χ2v) is 10.5. The number of hydrogen-bond donors (Lipinski definition) is 2. The molecular weight excluding hydrogens is 422 g/mol. The van der Waals surface area contributed by atoms with E-state index in [1.165, 1.54) is 5.57 Å². The van der Waals surface area contributed by atoms with Gasteiger partial charge >= 0.3 is 5.97 Å². The van der Waals surface area contributed by atoms with Gasteiger partial charge in [-0.25, -0.2) is 8.42 Å². The van der Waals surface area contributed by atoms with Gasteiger partial charge < -0.3 is 5.11 Å². The first-order chi connectivity index (χ1) is 14.3. The van der Waals surface area contributed by atoms with Crippen LogP contribution in [-0.4, -0.2) is 25.2 Å². The van der Waals surface area contributed by atoms with E-state index in [9.17, 15) is 13.2 Å². The highest BCUT2D eigenvalue weighted by atomic mass is 35.5. The average molecular weight is 452 g/mol. The Bertz CT molecular complexity index is 898. The molecule has 30 heavy (non-hydrogen) atoms. The number of benzene rings is 1. The SMILES string of the molecule is O=C(O)CCCC=CCC1=C(NS(=O)(=O)CCc2ccc(Cl)cc2)C2CCC1CC2. The largest absolute Gasteiger partial charge is 0.481 e. The Morgan fingerprint density at radius 2 is 1.77 bits per heavy atom. The van der Waals surface area contributed by atoms with E-state index in [4.69, 9.17) is 16.7 Å². The quantitative estimate of drug-likeness (QED) is 0.363. The van der Waals surface area contributed by atoms with Crippen LogP contribution in [-0.2, 0) is 21.2 Å². The van der Waals surface area contributed by atoms with E-state index in [2.05, 4.69) is 10.8 Å². The Balaban J connectivity index is 1.63. The van der Waals surface area contributed by atoms with Crippen molar-refractivity contribution < 1.29 is 18.3 Å². The Labute approximate surface area is 184 Å². The Morgan fingerprint density at radius 1 is 1.10 bits per heavy atom. The molecule has 0 aliphatic heterocycles. The van der Waals surface area contributed by atoms with Crippen molar-refractivity contribution >= 4 is 27.6 Å². The molecule has 7 heteroatoms. The molecule has 0 radical (unpaired) electrons. The summed E-state index contributed by atoms with van der Waals surface area (Å²) in [4.78, 5) is 10.6. The first-order valence-corrected chi connectivity index (χ1v) is 12.7. The third kappa shape index (κ3) is 6.61. The number of carboxylic acid groups (broad SMARTS) is 1. The fourth-order valence-corrected chi connectivity index (χ4v) is 5.82. The minimum Gasteiger partial charge on any atom is -0.481 e. The van der Waals surface area contributed by atoms with E-state index in [-0.39, 0.29) is 12.2 Å². The van der Waals surface area contributed by atoms with Gasteiger partial charge in [0.25, 0.3) is 0 Å². The molecule has 2 bridgehead atoms. The first kappa shape index (κ1) is 22.9. The minimum absolute atomic E-state index is 0.0494. The second kappa shape index (κ2) is 10.5. The highest BCUT2D eigenvalue weighted by Crippen LogP contribution is 2.45. The van der Waals surface area contributed by atoms with E-state index < -0.39 is 16.0 Å². The summed E-state index contributed by atoms with van der Waals surface area (Å²) in [5.41, 5.74) is 3.10. The van der Waals surface area contributed by atoms with E-state index in [0.717, 1.165) is 49.8 Å². The van der Waals surface area contributed by atoms with Gasteiger partial charge in [-0.1, -0.05) is 35.9 Å². The van der Waals surface area contributed by atoms with Gasteiger partial charge in [-0.3, -0.25) is 9.52 Å². The summed E-state index contributed by atoms with van der Waals surface area (Å²) in [6, 6.07) is 7.28. The number of hydrogen-bond acceptors (Lipinski definition) is 3. The van der Waals surface area contributed by atoms with Gasteiger partial charge in [-0.05, 0) is 86.5 Å². The lowest BCUT2D eigenvalue weighted by Crippen LogP contribution is -2.37. The van der Waals surface area contributed by atoms with Crippen molar-refractivity contribution in [3.8, 4) is 0 Å². The normalized spacial score (nSPS) is 21.4. The molecule has 0 spiro atoms. The van der Waals surface area contributed by atoms with Gasteiger partial charge in [-0.15, -0.1) is 0 Å². The topological polar surface area (TPSA) is 83.5 Å². The lowest BCUT2D eigenvalue weighted by Gasteiger charge is -2.40. The Hall–Kier alpha value is -1.79. The summed E-state index contributed by atoms with van der Waals surface area (Å²) >= 11 is 5.90. The summed E-state index contributed by atoms with van der Waals surface area (Å²) in [5, 5.41) is 9.36. The number of carbonyl (C=O) groups is 1. The van der Waals surface area contributed by atoms with Crippen LogP contribution in [0.5, 0.6) is 0 Å². The smallest absolute Gasteiger partial charge is 0.303 e.